The van der Waals surface area contributed by atoms with Crippen LogP contribution >= 0.6 is 0 Å². The average Bonchev–Trinajstić information content (AvgIpc) is 3.62. The molecule has 0 unspecified atom stereocenters. The van der Waals surface area contributed by atoms with E-state index in [2.05, 4.69) is 62.4 Å². The van der Waals surface area contributed by atoms with Gasteiger partial charge < -0.3 is 13.8 Å². The molecule has 1 N–H and O–H groups in total. The molecular formula is C27H27N5O2. The SMILES string of the molecule is Cc1noc(C)c1-c1cc(-c2cn[nH]c2)c2ncn([C@H](c3ccccc3)C3CCOCC3)c2c1. The van der Waals surface area contributed by atoms with Crippen LogP contribution in [-0.2, 0) is 4.74 Å². The van der Waals surface area contributed by atoms with E-state index in [9.17, 15) is 0 Å². The summed E-state index contributed by atoms with van der Waals surface area (Å²) in [6, 6.07) is 15.3. The zero-order valence-electron chi connectivity index (χ0n) is 19.4. The van der Waals surface area contributed by atoms with Gasteiger partial charge in [-0.2, -0.15) is 5.10 Å². The molecule has 1 fully saturated rings. The van der Waals surface area contributed by atoms with E-state index in [1.165, 1.54) is 5.56 Å². The molecule has 34 heavy (non-hydrogen) atoms. The molecule has 172 valence electrons. The fourth-order valence-corrected chi connectivity index (χ4v) is 5.35. The second kappa shape index (κ2) is 8.57. The van der Waals surface area contributed by atoms with Crippen LogP contribution in [0, 0.1) is 19.8 Å². The van der Waals surface area contributed by atoms with E-state index < -0.39 is 0 Å². The largest absolute Gasteiger partial charge is 0.381 e. The van der Waals surface area contributed by atoms with Gasteiger partial charge in [0.1, 0.15) is 5.76 Å². The summed E-state index contributed by atoms with van der Waals surface area (Å²) in [5.74, 6) is 1.28. The van der Waals surface area contributed by atoms with Gasteiger partial charge in [0.05, 0.1) is 35.3 Å². The van der Waals surface area contributed by atoms with E-state index >= 15 is 0 Å². The Kier molecular flexibility index (Phi) is 5.26. The number of aryl methyl sites for hydroxylation is 2. The molecular weight excluding hydrogens is 426 g/mol. The molecule has 0 saturated carbocycles. The zero-order chi connectivity index (χ0) is 23.1. The number of imidazole rings is 1. The van der Waals surface area contributed by atoms with Crippen LogP contribution in [0.3, 0.4) is 0 Å². The van der Waals surface area contributed by atoms with Gasteiger partial charge in [0.2, 0.25) is 0 Å². The lowest BCUT2D eigenvalue weighted by molar-refractivity contribution is 0.0547. The maximum Gasteiger partial charge on any atom is 0.141 e. The molecule has 0 bridgehead atoms. The summed E-state index contributed by atoms with van der Waals surface area (Å²) < 4.78 is 13.6. The Labute approximate surface area is 197 Å². The highest BCUT2D eigenvalue weighted by atomic mass is 16.5. The number of nitrogens with one attached hydrogen (secondary N) is 1. The third-order valence-electron chi connectivity index (χ3n) is 6.96. The van der Waals surface area contributed by atoms with Crippen molar-refractivity contribution in [2.45, 2.75) is 32.7 Å². The van der Waals surface area contributed by atoms with Crippen LogP contribution in [0.15, 0.2) is 65.7 Å². The first kappa shape index (κ1) is 20.9. The lowest BCUT2D eigenvalue weighted by Crippen LogP contribution is -2.26. The number of H-pyrrole nitrogens is 1. The molecule has 1 atom stereocenters. The van der Waals surface area contributed by atoms with Crippen molar-refractivity contribution >= 4 is 11.0 Å². The van der Waals surface area contributed by atoms with Gasteiger partial charge in [0.25, 0.3) is 0 Å². The summed E-state index contributed by atoms with van der Waals surface area (Å²) >= 11 is 0. The molecule has 0 radical (unpaired) electrons. The van der Waals surface area contributed by atoms with Crippen molar-refractivity contribution in [3.63, 3.8) is 0 Å². The van der Waals surface area contributed by atoms with Crippen LogP contribution in [0.2, 0.25) is 0 Å². The van der Waals surface area contributed by atoms with Gasteiger partial charge in [-0.1, -0.05) is 35.5 Å². The number of hydrogen-bond donors (Lipinski definition) is 1. The van der Waals surface area contributed by atoms with Crippen LogP contribution < -0.4 is 0 Å². The molecule has 6 rings (SSSR count). The average molecular weight is 454 g/mol. The van der Waals surface area contributed by atoms with Gasteiger partial charge in [0, 0.05) is 36.1 Å². The van der Waals surface area contributed by atoms with Crippen LogP contribution in [0.4, 0.5) is 0 Å². The molecule has 0 aliphatic carbocycles. The van der Waals surface area contributed by atoms with Crippen LogP contribution in [0.5, 0.6) is 0 Å². The Morgan fingerprint density at radius 2 is 1.88 bits per heavy atom. The van der Waals surface area contributed by atoms with Gasteiger partial charge in [-0.3, -0.25) is 5.10 Å². The number of aromatic nitrogens is 5. The fraction of sp³-hybridized carbons (Fsp3) is 0.296. The van der Waals surface area contributed by atoms with Gasteiger partial charge >= 0.3 is 0 Å². The topological polar surface area (TPSA) is 81.8 Å². The Morgan fingerprint density at radius 1 is 1.06 bits per heavy atom. The molecule has 3 aromatic heterocycles. The van der Waals surface area contributed by atoms with Crippen molar-refractivity contribution in [3.05, 3.63) is 78.2 Å². The summed E-state index contributed by atoms with van der Waals surface area (Å²) in [6.07, 6.45) is 7.81. The minimum atomic E-state index is 0.173. The molecule has 7 nitrogen and oxygen atoms in total. The number of nitrogens with zero attached hydrogens (tertiary/aromatic N) is 4. The Balaban J connectivity index is 1.60. The quantitative estimate of drug-likeness (QED) is 0.368. The summed E-state index contributed by atoms with van der Waals surface area (Å²) in [7, 11) is 0. The van der Waals surface area contributed by atoms with Crippen LogP contribution in [-0.4, -0.2) is 38.1 Å². The molecule has 1 aliphatic heterocycles. The second-order valence-corrected chi connectivity index (χ2v) is 9.03. The van der Waals surface area contributed by atoms with E-state index in [1.54, 1.807) is 0 Å². The first-order chi connectivity index (χ1) is 16.7. The highest BCUT2D eigenvalue weighted by Gasteiger charge is 2.29. The maximum atomic E-state index is 5.70. The standard InChI is InChI=1S/C27H27N5O2/c1-17-25(18(2)34-31-17)21-12-23(22-14-29-30-15-22)26-24(13-21)32(16-28-26)27(19-6-4-3-5-7-19)20-8-10-33-11-9-20/h3-7,12-16,20,27H,8-11H2,1-2H3,(H,29,30)/t27-/m1/s1. The summed E-state index contributed by atoms with van der Waals surface area (Å²) in [4.78, 5) is 4.93. The molecule has 0 spiro atoms. The molecule has 5 aromatic rings. The van der Waals surface area contributed by atoms with Gasteiger partial charge in [-0.25, -0.2) is 4.98 Å². The predicted octanol–water partition coefficient (Wildman–Crippen LogP) is 5.71. The smallest absolute Gasteiger partial charge is 0.141 e. The summed E-state index contributed by atoms with van der Waals surface area (Å²) in [5.41, 5.74) is 8.37. The zero-order valence-corrected chi connectivity index (χ0v) is 19.4. The van der Waals surface area contributed by atoms with E-state index in [1.807, 2.05) is 32.6 Å². The maximum absolute atomic E-state index is 5.70. The number of hydrogen-bond acceptors (Lipinski definition) is 5. The minimum Gasteiger partial charge on any atom is -0.381 e. The van der Waals surface area contributed by atoms with Crippen molar-refractivity contribution < 1.29 is 9.26 Å². The van der Waals surface area contributed by atoms with Gasteiger partial charge in [-0.15, -0.1) is 0 Å². The molecule has 4 heterocycles. The Morgan fingerprint density at radius 3 is 2.59 bits per heavy atom. The van der Waals surface area contributed by atoms with Gasteiger partial charge in [0.15, 0.2) is 0 Å². The van der Waals surface area contributed by atoms with Crippen molar-refractivity contribution in [1.29, 1.82) is 0 Å². The molecule has 2 aromatic carbocycles. The van der Waals surface area contributed by atoms with Gasteiger partial charge in [-0.05, 0) is 55.9 Å². The molecule has 7 heteroatoms. The summed E-state index contributed by atoms with van der Waals surface area (Å²) in [6.45, 7) is 5.54. The van der Waals surface area contributed by atoms with E-state index in [0.717, 1.165) is 70.8 Å². The Bertz CT molecular complexity index is 1390. The predicted molar refractivity (Wildman–Crippen MR) is 130 cm³/mol. The lowest BCUT2D eigenvalue weighted by atomic mass is 9.86. The minimum absolute atomic E-state index is 0.173. The highest BCUT2D eigenvalue weighted by Crippen LogP contribution is 2.40. The fourth-order valence-electron chi connectivity index (χ4n) is 5.35. The van der Waals surface area contributed by atoms with E-state index in [4.69, 9.17) is 14.2 Å². The number of benzene rings is 2. The Hall–Kier alpha value is -3.71. The second-order valence-electron chi connectivity index (χ2n) is 9.03. The first-order valence-electron chi connectivity index (χ1n) is 11.8. The third-order valence-corrected chi connectivity index (χ3v) is 6.96. The highest BCUT2D eigenvalue weighted by molar-refractivity contribution is 5.96. The monoisotopic (exact) mass is 453 g/mol. The van der Waals surface area contributed by atoms with E-state index in [-0.39, 0.29) is 6.04 Å². The van der Waals surface area contributed by atoms with Crippen molar-refractivity contribution in [2.24, 2.45) is 5.92 Å². The van der Waals surface area contributed by atoms with Crippen LogP contribution in [0.25, 0.3) is 33.3 Å². The first-order valence-corrected chi connectivity index (χ1v) is 11.8. The lowest BCUT2D eigenvalue weighted by Gasteiger charge is -2.32. The molecule has 1 saturated heterocycles. The number of fused-ring (bicyclic) bond motifs is 1. The third kappa shape index (κ3) is 3.53. The number of rotatable bonds is 5. The number of aromatic amines is 1. The van der Waals surface area contributed by atoms with E-state index in [0.29, 0.717) is 5.92 Å². The summed E-state index contributed by atoms with van der Waals surface area (Å²) in [5, 5.41) is 11.3. The van der Waals surface area contributed by atoms with Crippen LogP contribution in [0.1, 0.15) is 35.9 Å². The molecule has 0 amide bonds. The van der Waals surface area contributed by atoms with Crippen molar-refractivity contribution in [2.75, 3.05) is 13.2 Å². The molecule has 1 aliphatic rings. The van der Waals surface area contributed by atoms with Crippen molar-refractivity contribution in [1.82, 2.24) is 24.9 Å². The normalized spacial score (nSPS) is 15.7. The number of ether oxygens (including phenoxy) is 1. The van der Waals surface area contributed by atoms with Crippen molar-refractivity contribution in [3.8, 4) is 22.3 Å².